The Morgan fingerprint density at radius 3 is 2.38 bits per heavy atom. The van der Waals surface area contributed by atoms with E-state index in [1.54, 1.807) is 22.7 Å². The molecule has 1 aromatic carbocycles. The van der Waals surface area contributed by atoms with Gasteiger partial charge < -0.3 is 4.90 Å². The van der Waals surface area contributed by atoms with Gasteiger partial charge in [0.1, 0.15) is 12.0 Å². The van der Waals surface area contributed by atoms with Gasteiger partial charge in [-0.05, 0) is 87.3 Å². The van der Waals surface area contributed by atoms with Gasteiger partial charge in [-0.2, -0.15) is 0 Å². The predicted molar refractivity (Wildman–Crippen MR) is 131 cm³/mol. The summed E-state index contributed by atoms with van der Waals surface area (Å²) >= 11 is 7.92. The van der Waals surface area contributed by atoms with Gasteiger partial charge in [-0.3, -0.25) is 14.7 Å². The monoisotopic (exact) mass is 497 g/mol. The standard InChI is InChI=1S/C24H29ClFN3OS.ClH/c1-14(30)28(21-9-18(25)2-5-20(21)26)22-13-31-23(29(22)19-3-4-19)27-24-10-15-6-16(11-24)8-17(7-15)12-24;/h2,5,9,15-17,19,22H,3-4,6-8,10-13H2,1H3;1H. The number of thioether (sulfide) groups is 1. The maximum atomic E-state index is 14.8. The molecular formula is C24H30Cl2FN3OS. The minimum Gasteiger partial charge on any atom is -0.327 e. The molecule has 6 aliphatic rings. The molecule has 1 heterocycles. The third-order valence-electron chi connectivity index (χ3n) is 7.99. The molecule has 1 saturated heterocycles. The van der Waals surface area contributed by atoms with E-state index < -0.39 is 5.82 Å². The van der Waals surface area contributed by atoms with Crippen molar-refractivity contribution in [2.75, 3.05) is 10.7 Å². The maximum absolute atomic E-state index is 14.8. The lowest BCUT2D eigenvalue weighted by Gasteiger charge is -2.55. The van der Waals surface area contributed by atoms with Gasteiger partial charge in [0.2, 0.25) is 5.91 Å². The highest BCUT2D eigenvalue weighted by atomic mass is 35.5. The van der Waals surface area contributed by atoms with Crippen molar-refractivity contribution >= 4 is 52.5 Å². The van der Waals surface area contributed by atoms with Gasteiger partial charge in [0.25, 0.3) is 0 Å². The number of carbonyl (C=O) groups excluding carboxylic acids is 1. The summed E-state index contributed by atoms with van der Waals surface area (Å²) in [4.78, 5) is 22.2. The fraction of sp³-hybridized carbons (Fsp3) is 0.667. The van der Waals surface area contributed by atoms with Gasteiger partial charge in [-0.25, -0.2) is 4.39 Å². The van der Waals surface area contributed by atoms with Gasteiger partial charge in [0, 0.05) is 23.7 Å². The third kappa shape index (κ3) is 3.94. The van der Waals surface area contributed by atoms with Crippen molar-refractivity contribution in [1.82, 2.24) is 4.90 Å². The highest BCUT2D eigenvalue weighted by Crippen LogP contribution is 2.58. The molecule has 8 heteroatoms. The molecule has 32 heavy (non-hydrogen) atoms. The normalized spacial score (nSPS) is 36.5. The Labute approximate surface area is 204 Å². The van der Waals surface area contributed by atoms with Crippen LogP contribution in [0.4, 0.5) is 10.1 Å². The summed E-state index contributed by atoms with van der Waals surface area (Å²) in [5.74, 6) is 2.69. The van der Waals surface area contributed by atoms with Crippen LogP contribution >= 0.6 is 35.8 Å². The fourth-order valence-corrected chi connectivity index (χ4v) is 8.54. The minimum atomic E-state index is -0.410. The summed E-state index contributed by atoms with van der Waals surface area (Å²) in [5.41, 5.74) is 0.369. The number of hydrogen-bond donors (Lipinski definition) is 0. The Hall–Kier alpha value is -0.980. The highest BCUT2D eigenvalue weighted by Gasteiger charge is 2.53. The Balaban J connectivity index is 0.00000216. The summed E-state index contributed by atoms with van der Waals surface area (Å²) in [6, 6.07) is 4.85. The molecule has 174 valence electrons. The summed E-state index contributed by atoms with van der Waals surface area (Å²) in [6.07, 6.45) is 9.90. The van der Waals surface area contributed by atoms with Crippen LogP contribution in [-0.4, -0.2) is 39.5 Å². The fourth-order valence-electron chi connectivity index (χ4n) is 7.09. The Morgan fingerprint density at radius 1 is 1.19 bits per heavy atom. The predicted octanol–water partition coefficient (Wildman–Crippen LogP) is 6.12. The van der Waals surface area contributed by atoms with Gasteiger partial charge in [0.15, 0.2) is 5.17 Å². The third-order valence-corrected chi connectivity index (χ3v) is 9.25. The first-order valence-electron chi connectivity index (χ1n) is 11.7. The van der Waals surface area contributed by atoms with E-state index >= 15 is 0 Å². The maximum Gasteiger partial charge on any atom is 0.225 e. The molecule has 0 radical (unpaired) electrons. The van der Waals surface area contributed by atoms with E-state index in [2.05, 4.69) is 4.90 Å². The lowest BCUT2D eigenvalue weighted by molar-refractivity contribution is -0.117. The number of amidine groups is 1. The summed E-state index contributed by atoms with van der Waals surface area (Å²) in [6.45, 7) is 1.52. The average molecular weight is 498 g/mol. The molecule has 1 atom stereocenters. The summed E-state index contributed by atoms with van der Waals surface area (Å²) in [5, 5.41) is 1.52. The van der Waals surface area contributed by atoms with E-state index in [0.717, 1.165) is 35.8 Å². The largest absolute Gasteiger partial charge is 0.327 e. The molecule has 0 N–H and O–H groups in total. The van der Waals surface area contributed by atoms with Crippen molar-refractivity contribution in [2.45, 2.75) is 76.0 Å². The van der Waals surface area contributed by atoms with E-state index in [4.69, 9.17) is 16.6 Å². The Kier molecular flexibility index (Phi) is 5.95. The molecule has 5 saturated carbocycles. The van der Waals surface area contributed by atoms with Crippen molar-refractivity contribution in [3.63, 3.8) is 0 Å². The highest BCUT2D eigenvalue weighted by molar-refractivity contribution is 8.14. The van der Waals surface area contributed by atoms with Crippen molar-refractivity contribution in [1.29, 1.82) is 0 Å². The minimum absolute atomic E-state index is 0. The zero-order chi connectivity index (χ0) is 21.3. The first-order valence-corrected chi connectivity index (χ1v) is 13.0. The van der Waals surface area contributed by atoms with Crippen LogP contribution in [0.3, 0.4) is 0 Å². The number of halogens is 3. The van der Waals surface area contributed by atoms with Crippen molar-refractivity contribution in [2.24, 2.45) is 22.7 Å². The lowest BCUT2D eigenvalue weighted by Crippen LogP contribution is -2.53. The second-order valence-electron chi connectivity index (χ2n) is 10.5. The number of rotatable bonds is 4. The molecule has 5 aliphatic carbocycles. The van der Waals surface area contributed by atoms with Crippen LogP contribution in [0.1, 0.15) is 58.3 Å². The topological polar surface area (TPSA) is 35.9 Å². The molecule has 1 aromatic rings. The van der Waals surface area contributed by atoms with Crippen LogP contribution in [0.5, 0.6) is 0 Å². The van der Waals surface area contributed by atoms with Crippen LogP contribution in [0.2, 0.25) is 5.02 Å². The zero-order valence-corrected chi connectivity index (χ0v) is 20.7. The number of carbonyl (C=O) groups is 1. The van der Waals surface area contributed by atoms with Gasteiger partial charge >= 0.3 is 0 Å². The van der Waals surface area contributed by atoms with E-state index in [1.807, 2.05) is 0 Å². The Morgan fingerprint density at radius 2 is 1.81 bits per heavy atom. The molecule has 1 aliphatic heterocycles. The molecular weight excluding hydrogens is 468 g/mol. The first-order chi connectivity index (χ1) is 14.9. The quantitative estimate of drug-likeness (QED) is 0.502. The Bertz CT molecular complexity index is 918. The summed E-state index contributed by atoms with van der Waals surface area (Å²) < 4.78 is 14.8. The SMILES string of the molecule is CC(=O)N(c1cc(Cl)ccc1F)C1CSC(=NC23CC4CC(CC(C4)C2)C3)N1C1CC1.Cl. The van der Waals surface area contributed by atoms with Crippen LogP contribution in [-0.2, 0) is 4.79 Å². The second kappa shape index (κ2) is 8.35. The van der Waals surface area contributed by atoms with E-state index in [-0.39, 0.29) is 35.7 Å². The van der Waals surface area contributed by atoms with E-state index in [9.17, 15) is 9.18 Å². The molecule has 7 rings (SSSR count). The number of aliphatic imine (C=N–C) groups is 1. The molecule has 4 nitrogen and oxygen atoms in total. The van der Waals surface area contributed by atoms with Gasteiger partial charge in [-0.15, -0.1) is 12.4 Å². The van der Waals surface area contributed by atoms with Gasteiger partial charge in [0.05, 0.1) is 11.2 Å². The first kappa shape index (κ1) is 22.8. The van der Waals surface area contributed by atoms with Crippen LogP contribution < -0.4 is 4.90 Å². The number of anilines is 1. The van der Waals surface area contributed by atoms with E-state index in [0.29, 0.717) is 16.8 Å². The molecule has 6 fully saturated rings. The number of hydrogen-bond acceptors (Lipinski definition) is 3. The van der Waals surface area contributed by atoms with E-state index in [1.165, 1.54) is 57.6 Å². The average Bonchev–Trinajstić information content (AvgIpc) is 3.45. The number of nitrogens with zero attached hydrogens (tertiary/aromatic N) is 3. The smallest absolute Gasteiger partial charge is 0.225 e. The van der Waals surface area contributed by atoms with Crippen LogP contribution in [0.25, 0.3) is 0 Å². The van der Waals surface area contributed by atoms with Crippen molar-refractivity contribution in [3.05, 3.63) is 29.0 Å². The molecule has 1 unspecified atom stereocenters. The molecule has 0 aromatic heterocycles. The molecule has 0 spiro atoms. The van der Waals surface area contributed by atoms with Crippen molar-refractivity contribution in [3.8, 4) is 0 Å². The number of amides is 1. The molecule has 4 bridgehead atoms. The summed E-state index contributed by atoms with van der Waals surface area (Å²) in [7, 11) is 0. The second-order valence-corrected chi connectivity index (χ2v) is 11.9. The number of benzene rings is 1. The van der Waals surface area contributed by atoms with Crippen molar-refractivity contribution < 1.29 is 9.18 Å². The zero-order valence-electron chi connectivity index (χ0n) is 18.3. The molecule has 1 amide bonds. The van der Waals surface area contributed by atoms with Crippen LogP contribution in [0.15, 0.2) is 23.2 Å². The van der Waals surface area contributed by atoms with Gasteiger partial charge in [-0.1, -0.05) is 23.4 Å². The van der Waals surface area contributed by atoms with Crippen LogP contribution in [0, 0.1) is 23.6 Å². The lowest BCUT2D eigenvalue weighted by atomic mass is 9.53.